The second kappa shape index (κ2) is 8.29. The molecule has 0 bridgehead atoms. The molecule has 0 heterocycles. The highest BCUT2D eigenvalue weighted by Gasteiger charge is 2.19. The lowest BCUT2D eigenvalue weighted by atomic mass is 10.1. The summed E-state index contributed by atoms with van der Waals surface area (Å²) in [6.07, 6.45) is 11.4. The topological polar surface area (TPSA) is 49.3 Å². The van der Waals surface area contributed by atoms with E-state index in [-0.39, 0.29) is 24.5 Å². The largest absolute Gasteiger partial charge is 0.396 e. The SMILES string of the molecule is CCCCCCCC(=O)N[C@@H]1C=C[C@H](CO)C1. The fraction of sp³-hybridized carbons (Fsp3) is 0.786. The Labute approximate surface area is 104 Å². The van der Waals surface area contributed by atoms with Gasteiger partial charge in [-0.25, -0.2) is 0 Å². The van der Waals surface area contributed by atoms with Crippen molar-refractivity contribution in [1.82, 2.24) is 5.32 Å². The lowest BCUT2D eigenvalue weighted by Crippen LogP contribution is -2.32. The number of carbonyl (C=O) groups is 1. The van der Waals surface area contributed by atoms with Crippen LogP contribution in [0.5, 0.6) is 0 Å². The molecule has 1 amide bonds. The van der Waals surface area contributed by atoms with Crippen molar-refractivity contribution in [3.05, 3.63) is 12.2 Å². The van der Waals surface area contributed by atoms with Crippen LogP contribution in [0.4, 0.5) is 0 Å². The zero-order valence-electron chi connectivity index (χ0n) is 10.8. The summed E-state index contributed by atoms with van der Waals surface area (Å²) in [6.45, 7) is 2.37. The van der Waals surface area contributed by atoms with E-state index in [0.29, 0.717) is 6.42 Å². The van der Waals surface area contributed by atoms with E-state index in [1.54, 1.807) is 0 Å². The molecule has 0 saturated heterocycles. The van der Waals surface area contributed by atoms with E-state index in [4.69, 9.17) is 5.11 Å². The maximum absolute atomic E-state index is 11.6. The number of aliphatic hydroxyl groups excluding tert-OH is 1. The van der Waals surface area contributed by atoms with Gasteiger partial charge in [0.1, 0.15) is 0 Å². The summed E-state index contributed by atoms with van der Waals surface area (Å²) < 4.78 is 0. The average molecular weight is 239 g/mol. The van der Waals surface area contributed by atoms with Gasteiger partial charge in [0.2, 0.25) is 5.91 Å². The van der Waals surface area contributed by atoms with Crippen molar-refractivity contribution in [3.8, 4) is 0 Å². The molecule has 0 unspecified atom stereocenters. The predicted molar refractivity (Wildman–Crippen MR) is 69.6 cm³/mol. The Morgan fingerprint density at radius 2 is 2.06 bits per heavy atom. The van der Waals surface area contributed by atoms with E-state index in [1.165, 1.54) is 19.3 Å². The summed E-state index contributed by atoms with van der Waals surface area (Å²) in [6, 6.07) is 0.135. The second-order valence-corrected chi connectivity index (χ2v) is 4.90. The van der Waals surface area contributed by atoms with Gasteiger partial charge in [-0.2, -0.15) is 0 Å². The Balaban J connectivity index is 2.04. The van der Waals surface area contributed by atoms with Crippen molar-refractivity contribution in [2.24, 2.45) is 5.92 Å². The van der Waals surface area contributed by atoms with E-state index in [9.17, 15) is 4.79 Å². The molecular formula is C14H25NO2. The minimum Gasteiger partial charge on any atom is -0.396 e. The Hall–Kier alpha value is -0.830. The van der Waals surface area contributed by atoms with E-state index in [0.717, 1.165) is 19.3 Å². The lowest BCUT2D eigenvalue weighted by molar-refractivity contribution is -0.121. The van der Waals surface area contributed by atoms with Crippen molar-refractivity contribution in [3.63, 3.8) is 0 Å². The zero-order chi connectivity index (χ0) is 12.5. The van der Waals surface area contributed by atoms with Gasteiger partial charge in [0.05, 0.1) is 0 Å². The first kappa shape index (κ1) is 14.2. The van der Waals surface area contributed by atoms with Gasteiger partial charge in [0.25, 0.3) is 0 Å². The predicted octanol–water partition coefficient (Wildman–Crippen LogP) is 2.40. The first-order valence-corrected chi connectivity index (χ1v) is 6.84. The van der Waals surface area contributed by atoms with Crippen LogP contribution in [0.2, 0.25) is 0 Å². The Bertz CT molecular complexity index is 251. The van der Waals surface area contributed by atoms with Crippen molar-refractivity contribution < 1.29 is 9.90 Å². The molecule has 0 aliphatic heterocycles. The summed E-state index contributed by atoms with van der Waals surface area (Å²) in [5.41, 5.74) is 0. The molecule has 0 spiro atoms. The maximum Gasteiger partial charge on any atom is 0.220 e. The van der Waals surface area contributed by atoms with E-state index in [1.807, 2.05) is 12.2 Å². The molecule has 3 heteroatoms. The standard InChI is InChI=1S/C14H25NO2/c1-2-3-4-5-6-7-14(17)15-13-9-8-12(10-13)11-16/h8-9,12-13,16H,2-7,10-11H2,1H3,(H,15,17)/t12-,13+/m0/s1. The molecule has 1 aliphatic carbocycles. The normalized spacial score (nSPS) is 22.9. The molecule has 0 fully saturated rings. The molecule has 2 atom stereocenters. The third-order valence-electron chi connectivity index (χ3n) is 3.26. The highest BCUT2D eigenvalue weighted by molar-refractivity contribution is 5.76. The van der Waals surface area contributed by atoms with E-state index in [2.05, 4.69) is 12.2 Å². The first-order chi connectivity index (χ1) is 8.26. The third kappa shape index (κ3) is 5.87. The lowest BCUT2D eigenvalue weighted by Gasteiger charge is -2.12. The number of rotatable bonds is 8. The van der Waals surface area contributed by atoms with Gasteiger partial charge >= 0.3 is 0 Å². The fourth-order valence-corrected chi connectivity index (χ4v) is 2.19. The molecule has 98 valence electrons. The van der Waals surface area contributed by atoms with Crippen LogP contribution in [0.1, 0.15) is 51.9 Å². The zero-order valence-corrected chi connectivity index (χ0v) is 10.8. The van der Waals surface area contributed by atoms with Crippen LogP contribution in [0.3, 0.4) is 0 Å². The Kier molecular flexibility index (Phi) is 6.94. The van der Waals surface area contributed by atoms with Crippen LogP contribution in [-0.2, 0) is 4.79 Å². The summed E-state index contributed by atoms with van der Waals surface area (Å²) in [7, 11) is 0. The monoisotopic (exact) mass is 239 g/mol. The maximum atomic E-state index is 11.6. The van der Waals surface area contributed by atoms with Crippen LogP contribution in [0.25, 0.3) is 0 Å². The quantitative estimate of drug-likeness (QED) is 0.505. The van der Waals surface area contributed by atoms with Crippen LogP contribution >= 0.6 is 0 Å². The van der Waals surface area contributed by atoms with Gasteiger partial charge < -0.3 is 10.4 Å². The number of hydrogen-bond donors (Lipinski definition) is 2. The third-order valence-corrected chi connectivity index (χ3v) is 3.26. The van der Waals surface area contributed by atoms with Crippen LogP contribution in [0.15, 0.2) is 12.2 Å². The van der Waals surface area contributed by atoms with Gasteiger partial charge in [-0.1, -0.05) is 44.8 Å². The van der Waals surface area contributed by atoms with Gasteiger partial charge in [0, 0.05) is 25.0 Å². The van der Waals surface area contributed by atoms with E-state index < -0.39 is 0 Å². The first-order valence-electron chi connectivity index (χ1n) is 6.84. The number of amides is 1. The molecule has 1 rings (SSSR count). The van der Waals surface area contributed by atoms with Crippen LogP contribution in [-0.4, -0.2) is 23.7 Å². The van der Waals surface area contributed by atoms with Gasteiger partial charge in [-0.3, -0.25) is 4.79 Å². The number of aliphatic hydroxyl groups is 1. The highest BCUT2D eigenvalue weighted by Crippen LogP contribution is 2.17. The number of nitrogens with one attached hydrogen (secondary N) is 1. The van der Waals surface area contributed by atoms with Crippen molar-refractivity contribution in [2.75, 3.05) is 6.61 Å². The molecule has 3 nitrogen and oxygen atoms in total. The molecule has 1 aliphatic rings. The van der Waals surface area contributed by atoms with Crippen LogP contribution < -0.4 is 5.32 Å². The average Bonchev–Trinajstić information content (AvgIpc) is 2.76. The summed E-state index contributed by atoms with van der Waals surface area (Å²) >= 11 is 0. The minimum absolute atomic E-state index is 0.135. The summed E-state index contributed by atoms with van der Waals surface area (Å²) in [5, 5.41) is 12.0. The number of hydrogen-bond acceptors (Lipinski definition) is 2. The van der Waals surface area contributed by atoms with Gasteiger partial charge in [-0.05, 0) is 12.8 Å². The summed E-state index contributed by atoms with van der Waals surface area (Å²) in [4.78, 5) is 11.6. The van der Waals surface area contributed by atoms with Gasteiger partial charge in [-0.15, -0.1) is 0 Å². The van der Waals surface area contributed by atoms with Crippen molar-refractivity contribution in [2.45, 2.75) is 57.9 Å². The molecule has 2 N–H and O–H groups in total. The van der Waals surface area contributed by atoms with Crippen molar-refractivity contribution in [1.29, 1.82) is 0 Å². The molecule has 0 aromatic carbocycles. The molecule has 17 heavy (non-hydrogen) atoms. The second-order valence-electron chi connectivity index (χ2n) is 4.90. The smallest absolute Gasteiger partial charge is 0.220 e. The fourth-order valence-electron chi connectivity index (χ4n) is 2.19. The van der Waals surface area contributed by atoms with Crippen molar-refractivity contribution >= 4 is 5.91 Å². The number of carbonyl (C=O) groups excluding carboxylic acids is 1. The van der Waals surface area contributed by atoms with E-state index >= 15 is 0 Å². The Morgan fingerprint density at radius 1 is 1.29 bits per heavy atom. The molecule has 0 aromatic heterocycles. The number of unbranched alkanes of at least 4 members (excludes halogenated alkanes) is 4. The van der Waals surface area contributed by atoms with Gasteiger partial charge in [0.15, 0.2) is 0 Å². The molecular weight excluding hydrogens is 214 g/mol. The highest BCUT2D eigenvalue weighted by atomic mass is 16.3. The Morgan fingerprint density at radius 3 is 2.71 bits per heavy atom. The molecule has 0 saturated carbocycles. The minimum atomic E-state index is 0.135. The summed E-state index contributed by atoms with van der Waals surface area (Å²) in [5.74, 6) is 0.375. The molecule has 0 radical (unpaired) electrons. The van der Waals surface area contributed by atoms with Crippen LogP contribution in [0, 0.1) is 5.92 Å². The molecule has 0 aromatic rings.